The highest BCUT2D eigenvalue weighted by molar-refractivity contribution is 6.33. The van der Waals surface area contributed by atoms with E-state index in [2.05, 4.69) is 9.74 Å². The van der Waals surface area contributed by atoms with Crippen LogP contribution in [-0.4, -0.2) is 25.2 Å². The maximum absolute atomic E-state index is 9.82. The van der Waals surface area contributed by atoms with E-state index < -0.39 is 6.10 Å². The molecule has 0 bridgehead atoms. The van der Waals surface area contributed by atoms with Crippen LogP contribution in [0.1, 0.15) is 17.2 Å². The fourth-order valence-corrected chi connectivity index (χ4v) is 2.62. The summed E-state index contributed by atoms with van der Waals surface area (Å²) in [7, 11) is 2.02. The number of hydrogen-bond acceptors (Lipinski definition) is 3. The number of likely N-dealkylation sites (N-methyl/N-ethyl adjacent to an activating group) is 1. The smallest absolute Gasteiger partial charge is 0.0928 e. The number of halogens is 2. The Hall–Kier alpha value is -0.480. The summed E-state index contributed by atoms with van der Waals surface area (Å²) in [5.41, 5.74) is 3.09. The predicted octanol–water partition coefficient (Wildman–Crippen LogP) is 2.11. The molecule has 2 rings (SSSR count). The van der Waals surface area contributed by atoms with Crippen molar-refractivity contribution in [3.8, 4) is 0 Å². The van der Waals surface area contributed by atoms with Gasteiger partial charge < -0.3 is 10.0 Å². The Morgan fingerprint density at radius 1 is 1.56 bits per heavy atom. The van der Waals surface area contributed by atoms with Crippen molar-refractivity contribution < 1.29 is 5.11 Å². The van der Waals surface area contributed by atoms with Crippen molar-refractivity contribution in [1.82, 2.24) is 4.84 Å². The van der Waals surface area contributed by atoms with Gasteiger partial charge in [-0.25, -0.2) is 4.84 Å². The molecule has 2 N–H and O–H groups in total. The van der Waals surface area contributed by atoms with E-state index in [0.29, 0.717) is 11.6 Å². The third-order valence-electron chi connectivity index (χ3n) is 2.92. The van der Waals surface area contributed by atoms with Crippen LogP contribution >= 0.6 is 23.4 Å². The number of anilines is 1. The van der Waals surface area contributed by atoms with E-state index in [4.69, 9.17) is 23.4 Å². The second kappa shape index (κ2) is 4.80. The van der Waals surface area contributed by atoms with Gasteiger partial charge in [0.1, 0.15) is 0 Å². The second-order valence-electron chi connectivity index (χ2n) is 4.04. The number of hydrogen-bond donors (Lipinski definition) is 2. The van der Waals surface area contributed by atoms with Crippen molar-refractivity contribution in [2.24, 2.45) is 0 Å². The lowest BCUT2D eigenvalue weighted by Gasteiger charge is -2.16. The van der Waals surface area contributed by atoms with Crippen LogP contribution in [0.3, 0.4) is 0 Å². The molecule has 1 heterocycles. The summed E-state index contributed by atoms with van der Waals surface area (Å²) in [6.07, 6.45) is 0.353. The molecule has 16 heavy (non-hydrogen) atoms. The number of benzene rings is 1. The highest BCUT2D eigenvalue weighted by atomic mass is 35.5. The van der Waals surface area contributed by atoms with Crippen LogP contribution in [0.4, 0.5) is 5.69 Å². The average molecular weight is 261 g/mol. The van der Waals surface area contributed by atoms with Gasteiger partial charge in [0.15, 0.2) is 0 Å². The number of fused-ring (bicyclic) bond motifs is 1. The van der Waals surface area contributed by atoms with Crippen LogP contribution < -0.4 is 9.74 Å². The minimum absolute atomic E-state index is 0.312. The van der Waals surface area contributed by atoms with Gasteiger partial charge in [-0.3, -0.25) is 0 Å². The monoisotopic (exact) mass is 260 g/mol. The van der Waals surface area contributed by atoms with E-state index in [9.17, 15) is 5.11 Å². The van der Waals surface area contributed by atoms with E-state index in [0.717, 1.165) is 24.2 Å². The van der Waals surface area contributed by atoms with Gasteiger partial charge in [-0.15, -0.1) is 0 Å². The first-order valence-electron chi connectivity index (χ1n) is 5.18. The molecular weight excluding hydrogens is 247 g/mol. The molecule has 3 nitrogen and oxygen atoms in total. The van der Waals surface area contributed by atoms with Gasteiger partial charge in [-0.2, -0.15) is 0 Å². The molecule has 0 radical (unpaired) electrons. The molecule has 5 heteroatoms. The maximum atomic E-state index is 9.82. The number of aliphatic hydroxyl groups is 1. The standard InChI is InChI=1S/C11H14Cl2N2O/c1-15-3-2-7-4-8(10(16)6-14-13)5-9(12)11(7)15/h4-5,10,14,16H,2-3,6H2,1H3/t10-/m1/s1. The molecule has 88 valence electrons. The third-order valence-corrected chi connectivity index (χ3v) is 3.36. The molecule has 0 aromatic heterocycles. The van der Waals surface area contributed by atoms with Crippen molar-refractivity contribution in [2.75, 3.05) is 25.0 Å². The second-order valence-corrected chi connectivity index (χ2v) is 4.71. The zero-order chi connectivity index (χ0) is 11.7. The zero-order valence-electron chi connectivity index (χ0n) is 9.00. The fourth-order valence-electron chi connectivity index (χ4n) is 2.08. The summed E-state index contributed by atoms with van der Waals surface area (Å²) in [6.45, 7) is 1.29. The van der Waals surface area contributed by atoms with Crippen LogP contribution in [-0.2, 0) is 6.42 Å². The molecule has 0 saturated carbocycles. The van der Waals surface area contributed by atoms with Crippen LogP contribution in [0.2, 0.25) is 5.02 Å². The van der Waals surface area contributed by atoms with Gasteiger partial charge in [0, 0.05) is 20.1 Å². The zero-order valence-corrected chi connectivity index (χ0v) is 10.5. The van der Waals surface area contributed by atoms with E-state index >= 15 is 0 Å². The summed E-state index contributed by atoms with van der Waals surface area (Å²) in [4.78, 5) is 4.56. The minimum atomic E-state index is -0.619. The molecule has 0 unspecified atom stereocenters. The summed E-state index contributed by atoms with van der Waals surface area (Å²) in [5, 5.41) is 10.5. The Morgan fingerprint density at radius 2 is 2.31 bits per heavy atom. The van der Waals surface area contributed by atoms with Crippen LogP contribution in [0.15, 0.2) is 12.1 Å². The molecule has 0 amide bonds. The Kier molecular flexibility index (Phi) is 3.60. The SMILES string of the molecule is CN1CCc2cc([C@H](O)CNCl)cc(Cl)c21. The molecule has 0 aliphatic carbocycles. The first-order valence-corrected chi connectivity index (χ1v) is 5.94. The molecule has 1 atom stereocenters. The highest BCUT2D eigenvalue weighted by Gasteiger charge is 2.21. The fraction of sp³-hybridized carbons (Fsp3) is 0.455. The van der Waals surface area contributed by atoms with Crippen LogP contribution in [0.5, 0.6) is 0 Å². The van der Waals surface area contributed by atoms with E-state index in [1.54, 1.807) is 6.07 Å². The van der Waals surface area contributed by atoms with Crippen molar-refractivity contribution in [2.45, 2.75) is 12.5 Å². The van der Waals surface area contributed by atoms with E-state index in [1.807, 2.05) is 13.1 Å². The maximum Gasteiger partial charge on any atom is 0.0928 e. The first-order chi connectivity index (χ1) is 7.63. The lowest BCUT2D eigenvalue weighted by molar-refractivity contribution is 0.182. The van der Waals surface area contributed by atoms with E-state index in [-0.39, 0.29) is 0 Å². The Labute approximate surface area is 105 Å². The van der Waals surface area contributed by atoms with Gasteiger partial charge in [-0.05, 0) is 35.4 Å². The quantitative estimate of drug-likeness (QED) is 0.818. The number of nitrogens with one attached hydrogen (secondary N) is 1. The van der Waals surface area contributed by atoms with Gasteiger partial charge >= 0.3 is 0 Å². The molecule has 1 aromatic rings. The Morgan fingerprint density at radius 3 is 3.00 bits per heavy atom. The summed E-state index contributed by atoms with van der Waals surface area (Å²) in [5.74, 6) is 0. The van der Waals surface area contributed by atoms with Crippen molar-refractivity contribution in [1.29, 1.82) is 0 Å². The molecular formula is C11H14Cl2N2O. The lowest BCUT2D eigenvalue weighted by Crippen LogP contribution is -2.14. The van der Waals surface area contributed by atoms with Crippen molar-refractivity contribution in [3.05, 3.63) is 28.3 Å². The van der Waals surface area contributed by atoms with Crippen molar-refractivity contribution >= 4 is 29.1 Å². The lowest BCUT2D eigenvalue weighted by atomic mass is 10.0. The topological polar surface area (TPSA) is 35.5 Å². The Bertz CT molecular complexity index is 398. The predicted molar refractivity (Wildman–Crippen MR) is 67.2 cm³/mol. The molecule has 0 spiro atoms. The molecule has 1 aliphatic rings. The number of rotatable bonds is 3. The highest BCUT2D eigenvalue weighted by Crippen LogP contribution is 2.36. The van der Waals surface area contributed by atoms with E-state index in [1.165, 1.54) is 5.56 Å². The molecule has 0 saturated heterocycles. The first kappa shape index (κ1) is 12.0. The summed E-state index contributed by atoms with van der Waals surface area (Å²) < 4.78 is 0. The summed E-state index contributed by atoms with van der Waals surface area (Å²) in [6, 6.07) is 3.81. The average Bonchev–Trinajstić information content (AvgIpc) is 2.61. The molecule has 1 aliphatic heterocycles. The minimum Gasteiger partial charge on any atom is -0.387 e. The molecule has 0 fully saturated rings. The van der Waals surface area contributed by atoms with Crippen LogP contribution in [0, 0.1) is 0 Å². The van der Waals surface area contributed by atoms with Crippen LogP contribution in [0.25, 0.3) is 0 Å². The van der Waals surface area contributed by atoms with Gasteiger partial charge in [-0.1, -0.05) is 17.7 Å². The third kappa shape index (κ3) is 2.13. The molecule has 1 aromatic carbocycles. The van der Waals surface area contributed by atoms with Crippen molar-refractivity contribution in [3.63, 3.8) is 0 Å². The number of aliphatic hydroxyl groups excluding tert-OH is 1. The van der Waals surface area contributed by atoms with Gasteiger partial charge in [0.25, 0.3) is 0 Å². The normalized spacial score (nSPS) is 16.4. The summed E-state index contributed by atoms with van der Waals surface area (Å²) >= 11 is 11.6. The Balaban J connectivity index is 2.34. The largest absolute Gasteiger partial charge is 0.387 e. The van der Waals surface area contributed by atoms with Gasteiger partial charge in [0.2, 0.25) is 0 Å². The number of nitrogens with zero attached hydrogens (tertiary/aromatic N) is 1. The van der Waals surface area contributed by atoms with Gasteiger partial charge in [0.05, 0.1) is 16.8 Å².